The predicted molar refractivity (Wildman–Crippen MR) is 162 cm³/mol. The van der Waals surface area contributed by atoms with E-state index in [9.17, 15) is 19.5 Å². The molecule has 0 radical (unpaired) electrons. The second kappa shape index (κ2) is 14.7. The van der Waals surface area contributed by atoms with Gasteiger partial charge in [-0.3, -0.25) is 9.59 Å². The first kappa shape index (κ1) is 30.1. The van der Waals surface area contributed by atoms with E-state index in [4.69, 9.17) is 21.1 Å². The molecule has 1 atom stereocenters. The third-order valence-electron chi connectivity index (χ3n) is 6.31. The van der Waals surface area contributed by atoms with Crippen LogP contribution in [-0.4, -0.2) is 41.9 Å². The first-order valence-electron chi connectivity index (χ1n) is 13.3. The van der Waals surface area contributed by atoms with E-state index in [1.54, 1.807) is 104 Å². The molecule has 0 heterocycles. The average Bonchev–Trinajstić information content (AvgIpc) is 3.00. The molecule has 0 aliphatic rings. The summed E-state index contributed by atoms with van der Waals surface area (Å²) in [5.74, 6) is -0.0780. The summed E-state index contributed by atoms with van der Waals surface area (Å²) >= 11 is 5.89. The number of carbonyl (C=O) groups excluding carboxylic acids is 2. The molecule has 0 bridgehead atoms. The lowest BCUT2D eigenvalue weighted by atomic mass is 10.0. The highest BCUT2D eigenvalue weighted by atomic mass is 35.5. The Morgan fingerprint density at radius 1 is 0.762 bits per heavy atom. The van der Waals surface area contributed by atoms with Crippen molar-refractivity contribution < 1.29 is 29.0 Å². The lowest BCUT2D eigenvalue weighted by Crippen LogP contribution is -2.37. The first-order chi connectivity index (χ1) is 20.3. The Balaban J connectivity index is 1.22. The number of carboxylic acid groups (broad SMARTS) is 1. The second-order valence-electron chi connectivity index (χ2n) is 9.50. The number of carboxylic acids is 1. The van der Waals surface area contributed by atoms with Crippen LogP contribution in [0.5, 0.6) is 11.5 Å². The van der Waals surface area contributed by atoms with Crippen molar-refractivity contribution in [1.29, 1.82) is 0 Å². The topological polar surface area (TPSA) is 102 Å². The Hall–Kier alpha value is -4.88. The van der Waals surface area contributed by atoms with E-state index in [2.05, 4.69) is 5.32 Å². The standard InChI is InChI=1S/C34H30ClNO6/c1-23(21-32(37)25-5-3-2-4-6-25)36-31(34(39)40)22-24-7-15-29(16-8-24)41-19-20-42-30-17-11-27(12-18-30)33(38)26-9-13-28(35)14-10-26/h2-18,21,31,36H,19-20,22H2,1H3,(H,39,40)/b23-21-/t31-/m0/s1. The number of rotatable bonds is 14. The SMILES string of the molecule is C/C(=C/C(=O)c1ccccc1)N[C@@H](Cc1ccc(OCCOc2ccc(C(=O)c3ccc(Cl)cc3)cc2)cc1)C(=O)O. The second-order valence-corrected chi connectivity index (χ2v) is 9.93. The Kier molecular flexibility index (Phi) is 10.5. The molecule has 4 aromatic rings. The van der Waals surface area contributed by atoms with Gasteiger partial charge in [-0.15, -0.1) is 0 Å². The van der Waals surface area contributed by atoms with Gasteiger partial charge in [-0.25, -0.2) is 4.79 Å². The molecule has 214 valence electrons. The van der Waals surface area contributed by atoms with E-state index in [-0.39, 0.29) is 18.0 Å². The molecule has 0 spiro atoms. The fourth-order valence-corrected chi connectivity index (χ4v) is 4.27. The summed E-state index contributed by atoms with van der Waals surface area (Å²) in [6, 6.07) is 28.7. The van der Waals surface area contributed by atoms with Crippen molar-refractivity contribution in [2.45, 2.75) is 19.4 Å². The highest BCUT2D eigenvalue weighted by Crippen LogP contribution is 2.18. The molecule has 0 saturated heterocycles. The third-order valence-corrected chi connectivity index (χ3v) is 6.56. The zero-order valence-corrected chi connectivity index (χ0v) is 23.7. The zero-order chi connectivity index (χ0) is 29.9. The van der Waals surface area contributed by atoms with Gasteiger partial charge in [0.05, 0.1) is 0 Å². The average molecular weight is 584 g/mol. The van der Waals surface area contributed by atoms with Crippen LogP contribution in [-0.2, 0) is 11.2 Å². The number of aliphatic carboxylic acids is 1. The molecule has 7 nitrogen and oxygen atoms in total. The third kappa shape index (κ3) is 8.81. The normalized spacial score (nSPS) is 11.8. The number of ether oxygens (including phenoxy) is 2. The van der Waals surface area contributed by atoms with E-state index in [1.807, 2.05) is 6.07 Å². The molecule has 0 saturated carbocycles. The van der Waals surface area contributed by atoms with Gasteiger partial charge in [-0.05, 0) is 73.2 Å². The van der Waals surface area contributed by atoms with E-state index < -0.39 is 12.0 Å². The minimum atomic E-state index is -1.02. The first-order valence-corrected chi connectivity index (χ1v) is 13.7. The van der Waals surface area contributed by atoms with Crippen LogP contribution in [0.1, 0.15) is 38.8 Å². The molecule has 4 aromatic carbocycles. The Labute approximate surface area is 249 Å². The highest BCUT2D eigenvalue weighted by molar-refractivity contribution is 6.30. The van der Waals surface area contributed by atoms with Gasteiger partial charge in [0.25, 0.3) is 0 Å². The summed E-state index contributed by atoms with van der Waals surface area (Å²) in [6.07, 6.45) is 1.62. The quantitative estimate of drug-likeness (QED) is 0.101. The fraction of sp³-hybridized carbons (Fsp3) is 0.147. The van der Waals surface area contributed by atoms with Gasteiger partial charge in [0, 0.05) is 39.9 Å². The minimum Gasteiger partial charge on any atom is -0.490 e. The lowest BCUT2D eigenvalue weighted by Gasteiger charge is -2.16. The Bertz CT molecular complexity index is 1530. The number of ketones is 2. The fourth-order valence-electron chi connectivity index (χ4n) is 4.15. The van der Waals surface area contributed by atoms with Crippen LogP contribution >= 0.6 is 11.6 Å². The van der Waals surface area contributed by atoms with Crippen molar-refractivity contribution in [3.63, 3.8) is 0 Å². The number of hydrogen-bond acceptors (Lipinski definition) is 6. The maximum absolute atomic E-state index is 12.6. The minimum absolute atomic E-state index is 0.0970. The molecular formula is C34H30ClNO6. The molecule has 4 rings (SSSR count). The molecule has 42 heavy (non-hydrogen) atoms. The van der Waals surface area contributed by atoms with Crippen LogP contribution in [0.3, 0.4) is 0 Å². The van der Waals surface area contributed by atoms with Gasteiger partial charge in [-0.1, -0.05) is 54.1 Å². The van der Waals surface area contributed by atoms with Crippen LogP contribution in [0.15, 0.2) is 115 Å². The number of allylic oxidation sites excluding steroid dienone is 2. The molecule has 2 N–H and O–H groups in total. The summed E-state index contributed by atoms with van der Waals surface area (Å²) in [6.45, 7) is 2.26. The summed E-state index contributed by atoms with van der Waals surface area (Å²) in [4.78, 5) is 36.8. The number of carbonyl (C=O) groups is 3. The molecule has 0 aliphatic carbocycles. The monoisotopic (exact) mass is 583 g/mol. The zero-order valence-electron chi connectivity index (χ0n) is 23.0. The van der Waals surface area contributed by atoms with Gasteiger partial charge in [-0.2, -0.15) is 0 Å². The lowest BCUT2D eigenvalue weighted by molar-refractivity contribution is -0.139. The van der Waals surface area contributed by atoms with Crippen molar-refractivity contribution in [3.8, 4) is 11.5 Å². The molecule has 8 heteroatoms. The number of hydrogen-bond donors (Lipinski definition) is 2. The van der Waals surface area contributed by atoms with Crippen LogP contribution in [0.25, 0.3) is 0 Å². The maximum atomic E-state index is 12.6. The number of nitrogens with one attached hydrogen (secondary N) is 1. The summed E-state index contributed by atoms with van der Waals surface area (Å²) in [5, 5.41) is 13.2. The van der Waals surface area contributed by atoms with Crippen molar-refractivity contribution in [1.82, 2.24) is 5.32 Å². The number of halogens is 1. The van der Waals surface area contributed by atoms with Crippen LogP contribution in [0, 0.1) is 0 Å². The largest absolute Gasteiger partial charge is 0.490 e. The van der Waals surface area contributed by atoms with Gasteiger partial charge in [0.2, 0.25) is 0 Å². The Morgan fingerprint density at radius 2 is 1.29 bits per heavy atom. The van der Waals surface area contributed by atoms with Gasteiger partial charge in [0.1, 0.15) is 30.8 Å². The predicted octanol–water partition coefficient (Wildman–Crippen LogP) is 6.40. The van der Waals surface area contributed by atoms with E-state index >= 15 is 0 Å². The van der Waals surface area contributed by atoms with E-state index in [1.165, 1.54) is 6.08 Å². The molecule has 0 aliphatic heterocycles. The molecule has 0 unspecified atom stereocenters. The van der Waals surface area contributed by atoms with E-state index in [0.717, 1.165) is 5.56 Å². The maximum Gasteiger partial charge on any atom is 0.326 e. The van der Waals surface area contributed by atoms with E-state index in [0.29, 0.717) is 52.1 Å². The van der Waals surface area contributed by atoms with Crippen molar-refractivity contribution >= 4 is 29.1 Å². The number of benzene rings is 4. The van der Waals surface area contributed by atoms with Gasteiger partial charge >= 0.3 is 5.97 Å². The molecule has 0 fully saturated rings. The van der Waals surface area contributed by atoms with Crippen LogP contribution in [0.4, 0.5) is 0 Å². The highest BCUT2D eigenvalue weighted by Gasteiger charge is 2.18. The molecule has 0 amide bonds. The van der Waals surface area contributed by atoms with Gasteiger partial charge < -0.3 is 19.9 Å². The van der Waals surface area contributed by atoms with Crippen molar-refractivity contribution in [3.05, 3.63) is 142 Å². The Morgan fingerprint density at radius 3 is 1.83 bits per heavy atom. The van der Waals surface area contributed by atoms with Crippen molar-refractivity contribution in [2.75, 3.05) is 13.2 Å². The summed E-state index contributed by atoms with van der Waals surface area (Å²) < 4.78 is 11.5. The molecule has 0 aromatic heterocycles. The summed E-state index contributed by atoms with van der Waals surface area (Å²) in [5.41, 5.74) is 2.91. The van der Waals surface area contributed by atoms with Crippen LogP contribution < -0.4 is 14.8 Å². The summed E-state index contributed by atoms with van der Waals surface area (Å²) in [7, 11) is 0. The van der Waals surface area contributed by atoms with Gasteiger partial charge in [0.15, 0.2) is 11.6 Å². The smallest absolute Gasteiger partial charge is 0.326 e. The van der Waals surface area contributed by atoms with Crippen molar-refractivity contribution in [2.24, 2.45) is 0 Å². The van der Waals surface area contributed by atoms with Crippen LogP contribution in [0.2, 0.25) is 5.02 Å². The molecular weight excluding hydrogens is 554 g/mol.